The molecule has 1 fully saturated rings. The van der Waals surface area contributed by atoms with Gasteiger partial charge in [-0.2, -0.15) is 4.80 Å². The van der Waals surface area contributed by atoms with E-state index in [2.05, 4.69) is 20.7 Å². The molecular weight excluding hydrogens is 496 g/mol. The van der Waals surface area contributed by atoms with E-state index in [9.17, 15) is 9.59 Å². The number of aromatic nitrogens is 4. The van der Waals surface area contributed by atoms with E-state index in [0.717, 1.165) is 36.8 Å². The van der Waals surface area contributed by atoms with E-state index in [1.807, 2.05) is 43.3 Å². The Kier molecular flexibility index (Phi) is 8.00. The van der Waals surface area contributed by atoms with Crippen LogP contribution in [0.1, 0.15) is 48.6 Å². The van der Waals surface area contributed by atoms with Gasteiger partial charge in [0.15, 0.2) is 0 Å². The number of hydrogen-bond donors (Lipinski definition) is 1. The van der Waals surface area contributed by atoms with Crippen molar-refractivity contribution in [2.75, 3.05) is 7.11 Å². The molecule has 0 radical (unpaired) electrons. The van der Waals surface area contributed by atoms with Gasteiger partial charge in [0.25, 0.3) is 0 Å². The lowest BCUT2D eigenvalue weighted by Crippen LogP contribution is -2.46. The van der Waals surface area contributed by atoms with E-state index in [0.29, 0.717) is 22.9 Å². The topological polar surface area (TPSA) is 115 Å². The Hall–Kier alpha value is -4.47. The van der Waals surface area contributed by atoms with Crippen molar-refractivity contribution in [3.63, 3.8) is 0 Å². The lowest BCUT2D eigenvalue weighted by atomic mass is 10.0. The standard InChI is InChI=1S/C29H32N6O4/c1-20-9-11-22(12-10-20)28-31-33-35(32-28)19-26(36)34(18-25-8-5-17-39-25)27(21-13-15-24(38-2)16-14-21)29(37)30-23-6-3-4-7-23/h5,8-17,23,27H,3-4,6-7,18-19H2,1-2H3,(H,30,37)/t27-/m0/s1. The summed E-state index contributed by atoms with van der Waals surface area (Å²) >= 11 is 0. The van der Waals surface area contributed by atoms with Gasteiger partial charge >= 0.3 is 0 Å². The molecule has 202 valence electrons. The second-order valence-corrected chi connectivity index (χ2v) is 9.78. The van der Waals surface area contributed by atoms with Gasteiger partial charge in [-0.25, -0.2) is 0 Å². The van der Waals surface area contributed by atoms with Gasteiger partial charge in [0.1, 0.15) is 24.1 Å². The molecule has 2 aromatic heterocycles. The summed E-state index contributed by atoms with van der Waals surface area (Å²) in [6, 6.07) is 17.7. The minimum absolute atomic E-state index is 0.0906. The van der Waals surface area contributed by atoms with Gasteiger partial charge < -0.3 is 19.4 Å². The highest BCUT2D eigenvalue weighted by atomic mass is 16.5. The van der Waals surface area contributed by atoms with Crippen molar-refractivity contribution >= 4 is 11.8 Å². The predicted molar refractivity (Wildman–Crippen MR) is 143 cm³/mol. The molecule has 0 aliphatic heterocycles. The van der Waals surface area contributed by atoms with Crippen LogP contribution in [0.4, 0.5) is 0 Å². The third-order valence-corrected chi connectivity index (χ3v) is 6.96. The largest absolute Gasteiger partial charge is 0.497 e. The molecule has 0 saturated heterocycles. The summed E-state index contributed by atoms with van der Waals surface area (Å²) in [4.78, 5) is 30.4. The maximum atomic E-state index is 13.9. The monoisotopic (exact) mass is 528 g/mol. The van der Waals surface area contributed by atoms with Crippen molar-refractivity contribution in [3.05, 3.63) is 83.8 Å². The molecule has 1 N–H and O–H groups in total. The molecule has 5 rings (SSSR count). The summed E-state index contributed by atoms with van der Waals surface area (Å²) in [5.74, 6) is 1.06. The predicted octanol–water partition coefficient (Wildman–Crippen LogP) is 4.08. The van der Waals surface area contributed by atoms with Crippen LogP contribution in [0.25, 0.3) is 11.4 Å². The number of benzene rings is 2. The minimum atomic E-state index is -0.894. The zero-order valence-corrected chi connectivity index (χ0v) is 22.1. The lowest BCUT2D eigenvalue weighted by Gasteiger charge is -2.31. The Labute approximate surface area is 227 Å². The quantitative estimate of drug-likeness (QED) is 0.330. The second-order valence-electron chi connectivity index (χ2n) is 9.78. The molecule has 1 saturated carbocycles. The molecular formula is C29H32N6O4. The molecule has 2 heterocycles. The van der Waals surface area contributed by atoms with Crippen LogP contribution in [-0.2, 0) is 22.7 Å². The highest BCUT2D eigenvalue weighted by Crippen LogP contribution is 2.28. The number of furan rings is 1. The number of nitrogens with one attached hydrogen (secondary N) is 1. The normalized spacial score (nSPS) is 14.2. The van der Waals surface area contributed by atoms with Crippen LogP contribution in [0.5, 0.6) is 5.75 Å². The second kappa shape index (κ2) is 11.9. The van der Waals surface area contributed by atoms with Crippen molar-refractivity contribution < 1.29 is 18.7 Å². The van der Waals surface area contributed by atoms with Gasteiger partial charge in [-0.3, -0.25) is 9.59 Å². The van der Waals surface area contributed by atoms with E-state index < -0.39 is 6.04 Å². The Morgan fingerprint density at radius 3 is 2.51 bits per heavy atom. The summed E-state index contributed by atoms with van der Waals surface area (Å²) in [6.07, 6.45) is 5.56. The molecule has 39 heavy (non-hydrogen) atoms. The van der Waals surface area contributed by atoms with Crippen molar-refractivity contribution in [2.24, 2.45) is 0 Å². The van der Waals surface area contributed by atoms with Crippen molar-refractivity contribution in [2.45, 2.75) is 57.8 Å². The van der Waals surface area contributed by atoms with E-state index in [1.165, 1.54) is 9.70 Å². The molecule has 10 nitrogen and oxygen atoms in total. The SMILES string of the molecule is COc1ccc([C@@H](C(=O)NC2CCCC2)N(Cc2ccco2)C(=O)Cn2nnc(-c3ccc(C)cc3)n2)cc1. The van der Waals surface area contributed by atoms with Crippen LogP contribution in [-0.4, -0.2) is 50.1 Å². The summed E-state index contributed by atoms with van der Waals surface area (Å²) < 4.78 is 10.9. The number of carbonyl (C=O) groups is 2. The van der Waals surface area contributed by atoms with E-state index in [4.69, 9.17) is 9.15 Å². The number of ether oxygens (including phenoxy) is 1. The number of nitrogens with zero attached hydrogens (tertiary/aromatic N) is 5. The first-order valence-electron chi connectivity index (χ1n) is 13.1. The number of amides is 2. The van der Waals surface area contributed by atoms with Gasteiger partial charge in [0, 0.05) is 11.6 Å². The number of methoxy groups -OCH3 is 1. The maximum Gasteiger partial charge on any atom is 0.247 e. The Morgan fingerprint density at radius 1 is 1.10 bits per heavy atom. The highest BCUT2D eigenvalue weighted by molar-refractivity contribution is 5.89. The summed E-state index contributed by atoms with van der Waals surface area (Å²) in [7, 11) is 1.59. The summed E-state index contributed by atoms with van der Waals surface area (Å²) in [5.41, 5.74) is 2.59. The summed E-state index contributed by atoms with van der Waals surface area (Å²) in [5, 5.41) is 15.8. The van der Waals surface area contributed by atoms with Crippen LogP contribution in [0.3, 0.4) is 0 Å². The van der Waals surface area contributed by atoms with Gasteiger partial charge in [-0.05, 0) is 54.8 Å². The van der Waals surface area contributed by atoms with Crippen LogP contribution in [0.2, 0.25) is 0 Å². The third kappa shape index (κ3) is 6.34. The van der Waals surface area contributed by atoms with Gasteiger partial charge in [-0.15, -0.1) is 10.2 Å². The molecule has 1 aliphatic rings. The fraction of sp³-hybridized carbons (Fsp3) is 0.345. The number of hydrogen-bond acceptors (Lipinski definition) is 7. The van der Waals surface area contributed by atoms with Crippen molar-refractivity contribution in [1.29, 1.82) is 0 Å². The average molecular weight is 529 g/mol. The van der Waals surface area contributed by atoms with E-state index in [1.54, 1.807) is 37.6 Å². The number of carbonyl (C=O) groups excluding carboxylic acids is 2. The fourth-order valence-corrected chi connectivity index (χ4v) is 4.84. The maximum absolute atomic E-state index is 13.9. The minimum Gasteiger partial charge on any atom is -0.497 e. The molecule has 1 aliphatic carbocycles. The molecule has 0 unspecified atom stereocenters. The zero-order chi connectivity index (χ0) is 27.2. The lowest BCUT2D eigenvalue weighted by molar-refractivity contribution is -0.143. The first kappa shape index (κ1) is 26.1. The highest BCUT2D eigenvalue weighted by Gasteiger charge is 2.34. The van der Waals surface area contributed by atoms with E-state index in [-0.39, 0.29) is 30.9 Å². The van der Waals surface area contributed by atoms with Crippen molar-refractivity contribution in [1.82, 2.24) is 30.4 Å². The molecule has 10 heteroatoms. The third-order valence-electron chi connectivity index (χ3n) is 6.96. The molecule has 2 aromatic carbocycles. The van der Waals surface area contributed by atoms with Crippen molar-refractivity contribution in [3.8, 4) is 17.1 Å². The molecule has 2 amide bonds. The van der Waals surface area contributed by atoms with Crippen LogP contribution < -0.4 is 10.1 Å². The first-order valence-corrected chi connectivity index (χ1v) is 13.1. The average Bonchev–Trinajstić information content (AvgIpc) is 3.73. The molecule has 0 bridgehead atoms. The Bertz CT molecular complexity index is 1380. The van der Waals surface area contributed by atoms with Crippen LogP contribution >= 0.6 is 0 Å². The summed E-state index contributed by atoms with van der Waals surface area (Å²) in [6.45, 7) is 1.91. The zero-order valence-electron chi connectivity index (χ0n) is 22.1. The molecule has 0 spiro atoms. The first-order chi connectivity index (χ1) is 19.0. The van der Waals surface area contributed by atoms with Gasteiger partial charge in [0.05, 0.1) is 19.9 Å². The van der Waals surface area contributed by atoms with Crippen LogP contribution in [0, 0.1) is 6.92 Å². The van der Waals surface area contributed by atoms with E-state index >= 15 is 0 Å². The smallest absolute Gasteiger partial charge is 0.247 e. The fourth-order valence-electron chi connectivity index (χ4n) is 4.84. The number of tetrazole rings is 1. The van der Waals surface area contributed by atoms with Gasteiger partial charge in [0.2, 0.25) is 17.6 Å². The Morgan fingerprint density at radius 2 is 1.85 bits per heavy atom. The molecule has 1 atom stereocenters. The molecule has 4 aromatic rings. The Balaban J connectivity index is 1.45. The van der Waals surface area contributed by atoms with Gasteiger partial charge in [-0.1, -0.05) is 54.8 Å². The number of aryl methyl sites for hydroxylation is 1. The van der Waals surface area contributed by atoms with Crippen LogP contribution in [0.15, 0.2) is 71.3 Å². The number of rotatable bonds is 10.